The van der Waals surface area contributed by atoms with Crippen molar-refractivity contribution in [3.63, 3.8) is 0 Å². The molecule has 5 aliphatic rings. The Morgan fingerprint density at radius 2 is 2.00 bits per heavy atom. The Morgan fingerprint density at radius 1 is 1.30 bits per heavy atom. The van der Waals surface area contributed by atoms with Gasteiger partial charge in [0.15, 0.2) is 0 Å². The van der Waals surface area contributed by atoms with E-state index in [1.807, 2.05) is 6.92 Å². The first-order chi connectivity index (χ1) is 12.6. The average Bonchev–Trinajstić information content (AvgIpc) is 3.45. The monoisotopic (exact) mass is 378 g/mol. The van der Waals surface area contributed by atoms with Gasteiger partial charge in [0.05, 0.1) is 17.4 Å². The van der Waals surface area contributed by atoms with Gasteiger partial charge in [-0.3, -0.25) is 4.79 Å². The van der Waals surface area contributed by atoms with Crippen molar-refractivity contribution in [3.8, 4) is 0 Å². The van der Waals surface area contributed by atoms with E-state index in [4.69, 9.17) is 18.9 Å². The molecule has 3 heterocycles. The summed E-state index contributed by atoms with van der Waals surface area (Å²) in [4.78, 5) is 24.9. The minimum atomic E-state index is -1.21. The molecule has 0 amide bonds. The highest BCUT2D eigenvalue weighted by atomic mass is 16.7. The number of hydrogen-bond donors (Lipinski definition) is 1. The van der Waals surface area contributed by atoms with E-state index in [1.54, 1.807) is 33.8 Å². The summed E-state index contributed by atoms with van der Waals surface area (Å²) in [6, 6.07) is 0. The van der Waals surface area contributed by atoms with Gasteiger partial charge in [0.25, 0.3) is 0 Å². The minimum absolute atomic E-state index is 0.0754. The summed E-state index contributed by atoms with van der Waals surface area (Å²) in [7, 11) is 0. The van der Waals surface area contributed by atoms with Crippen LogP contribution in [0.4, 0.5) is 0 Å². The second kappa shape index (κ2) is 4.93. The van der Waals surface area contributed by atoms with Gasteiger partial charge >= 0.3 is 11.9 Å². The normalized spacial score (nSPS) is 57.6. The third kappa shape index (κ3) is 1.93. The number of epoxide rings is 2. The van der Waals surface area contributed by atoms with Crippen LogP contribution in [0.25, 0.3) is 0 Å². The second-order valence-electron chi connectivity index (χ2n) is 9.19. The van der Waals surface area contributed by atoms with Crippen LogP contribution in [-0.4, -0.2) is 58.3 Å². The third-order valence-corrected chi connectivity index (χ3v) is 7.72. The minimum Gasteiger partial charge on any atom is -0.461 e. The van der Waals surface area contributed by atoms with E-state index in [2.05, 4.69) is 0 Å². The zero-order chi connectivity index (χ0) is 19.5. The van der Waals surface area contributed by atoms with Crippen molar-refractivity contribution in [1.29, 1.82) is 0 Å². The Kier molecular flexibility index (Phi) is 3.22. The first-order valence-corrected chi connectivity index (χ1v) is 9.71. The summed E-state index contributed by atoms with van der Waals surface area (Å²) in [5.41, 5.74) is -2.01. The van der Waals surface area contributed by atoms with E-state index in [9.17, 15) is 14.7 Å². The van der Waals surface area contributed by atoms with Gasteiger partial charge in [0.1, 0.15) is 35.6 Å². The summed E-state index contributed by atoms with van der Waals surface area (Å²) < 4.78 is 23.6. The van der Waals surface area contributed by atoms with E-state index in [-0.39, 0.29) is 36.4 Å². The molecule has 3 aliphatic heterocycles. The maximum absolute atomic E-state index is 12.5. The molecule has 1 spiro atoms. The Hall–Kier alpha value is -1.44. The van der Waals surface area contributed by atoms with Gasteiger partial charge in [-0.25, -0.2) is 4.79 Å². The van der Waals surface area contributed by atoms with Crippen LogP contribution in [0.1, 0.15) is 41.0 Å². The fourth-order valence-corrected chi connectivity index (χ4v) is 6.07. The number of ether oxygens (including phenoxy) is 4. The summed E-state index contributed by atoms with van der Waals surface area (Å²) in [5, 5.41) is 11.4. The summed E-state index contributed by atoms with van der Waals surface area (Å²) >= 11 is 0. The van der Waals surface area contributed by atoms with E-state index in [0.29, 0.717) is 5.57 Å². The average molecular weight is 378 g/mol. The smallest absolute Gasteiger partial charge is 0.333 e. The molecule has 0 bridgehead atoms. The highest BCUT2D eigenvalue weighted by Crippen LogP contribution is 2.75. The first-order valence-electron chi connectivity index (χ1n) is 9.71. The van der Waals surface area contributed by atoms with Gasteiger partial charge in [-0.05, 0) is 27.7 Å². The van der Waals surface area contributed by atoms with Crippen LogP contribution in [0.3, 0.4) is 0 Å². The highest BCUT2D eigenvalue weighted by Gasteiger charge is 2.93. The number of carbonyl (C=O) groups is 2. The van der Waals surface area contributed by atoms with Crippen molar-refractivity contribution >= 4 is 11.9 Å². The Bertz CT molecular complexity index is 772. The maximum atomic E-state index is 12.5. The fraction of sp³-hybridized carbons (Fsp3) is 0.800. The van der Waals surface area contributed by atoms with Crippen molar-refractivity contribution < 1.29 is 33.6 Å². The molecule has 0 aromatic carbocycles. The quantitative estimate of drug-likeness (QED) is 0.437. The lowest BCUT2D eigenvalue weighted by atomic mass is 9.73. The molecule has 3 saturated heterocycles. The predicted molar refractivity (Wildman–Crippen MR) is 91.5 cm³/mol. The number of esters is 2. The molecule has 2 aliphatic carbocycles. The lowest BCUT2D eigenvalue weighted by molar-refractivity contribution is -0.154. The van der Waals surface area contributed by atoms with Crippen LogP contribution < -0.4 is 0 Å². The Labute approximate surface area is 158 Å². The van der Waals surface area contributed by atoms with Crippen LogP contribution >= 0.6 is 0 Å². The molecule has 3 unspecified atom stereocenters. The SMILES string of the molecule is C/C=C(\C)C(=O)O[C@@H]1CC(C)(O)[C@@]23OC2[C@@H]2O[C@]2(C)[C@@H]3C2OC(=O)[C@H](C)[C@@H]21. The summed E-state index contributed by atoms with van der Waals surface area (Å²) in [6.45, 7) is 9.00. The van der Waals surface area contributed by atoms with E-state index >= 15 is 0 Å². The number of hydrogen-bond acceptors (Lipinski definition) is 7. The van der Waals surface area contributed by atoms with Gasteiger partial charge in [0, 0.05) is 17.9 Å². The number of carbonyl (C=O) groups excluding carboxylic acids is 2. The molecule has 0 radical (unpaired) electrons. The van der Waals surface area contributed by atoms with Gasteiger partial charge in [-0.1, -0.05) is 13.0 Å². The zero-order valence-electron chi connectivity index (χ0n) is 16.2. The topological polar surface area (TPSA) is 97.9 Å². The van der Waals surface area contributed by atoms with Crippen LogP contribution in [0.2, 0.25) is 0 Å². The van der Waals surface area contributed by atoms with E-state index in [0.717, 1.165) is 0 Å². The van der Waals surface area contributed by atoms with Gasteiger partial charge in [-0.2, -0.15) is 0 Å². The van der Waals surface area contributed by atoms with Gasteiger partial charge < -0.3 is 24.1 Å². The van der Waals surface area contributed by atoms with Gasteiger partial charge in [0.2, 0.25) is 0 Å². The molecule has 5 rings (SSSR count). The largest absolute Gasteiger partial charge is 0.461 e. The van der Waals surface area contributed by atoms with Crippen molar-refractivity contribution in [2.75, 3.05) is 0 Å². The number of fused-ring (bicyclic) bond motifs is 5. The highest BCUT2D eigenvalue weighted by molar-refractivity contribution is 5.87. The molecular weight excluding hydrogens is 352 g/mol. The second-order valence-corrected chi connectivity index (χ2v) is 9.19. The van der Waals surface area contributed by atoms with Crippen LogP contribution in [0.5, 0.6) is 0 Å². The molecule has 27 heavy (non-hydrogen) atoms. The first kappa shape index (κ1) is 17.6. The van der Waals surface area contributed by atoms with Crippen LogP contribution in [0.15, 0.2) is 11.6 Å². The Morgan fingerprint density at radius 3 is 2.67 bits per heavy atom. The molecule has 10 atom stereocenters. The molecular formula is C20H26O7. The van der Waals surface area contributed by atoms with Crippen LogP contribution in [0, 0.1) is 17.8 Å². The maximum Gasteiger partial charge on any atom is 0.333 e. The van der Waals surface area contributed by atoms with Gasteiger partial charge in [-0.15, -0.1) is 0 Å². The summed E-state index contributed by atoms with van der Waals surface area (Å²) in [6.07, 6.45) is 0.462. The summed E-state index contributed by atoms with van der Waals surface area (Å²) in [5.74, 6) is -1.78. The molecule has 0 aromatic heterocycles. The van der Waals surface area contributed by atoms with E-state index in [1.165, 1.54) is 0 Å². The van der Waals surface area contributed by atoms with Crippen molar-refractivity contribution in [1.82, 2.24) is 0 Å². The molecule has 0 aromatic rings. The van der Waals surface area contributed by atoms with Crippen LogP contribution in [-0.2, 0) is 28.5 Å². The number of allylic oxidation sites excluding steroid dienone is 1. The van der Waals surface area contributed by atoms with Crippen molar-refractivity contribution in [2.24, 2.45) is 17.8 Å². The standard InChI is InChI=1S/C20H26O7/c1-6-8(2)16(21)24-10-7-18(4,23)20-13(12-11(10)9(3)17(22)25-12)19(5)14(26-19)15(20)27-20/h6,9-15,23H,7H2,1-5H3/b8-6+/t9-,10-,11-,12?,13+,14+,15?,18?,19-,20+/m1/s1. The number of aliphatic hydroxyl groups is 1. The predicted octanol–water partition coefficient (Wildman–Crippen LogP) is 1.12. The van der Waals surface area contributed by atoms with E-state index < -0.39 is 40.9 Å². The molecule has 7 nitrogen and oxygen atoms in total. The fourth-order valence-electron chi connectivity index (χ4n) is 6.07. The molecule has 5 fully saturated rings. The van der Waals surface area contributed by atoms with Crippen molar-refractivity contribution in [3.05, 3.63) is 11.6 Å². The zero-order valence-corrected chi connectivity index (χ0v) is 16.2. The molecule has 1 N–H and O–H groups in total. The van der Waals surface area contributed by atoms with Crippen molar-refractivity contribution in [2.45, 2.75) is 82.3 Å². The lowest BCUT2D eigenvalue weighted by Gasteiger charge is -2.36. The molecule has 148 valence electrons. The lowest BCUT2D eigenvalue weighted by Crippen LogP contribution is -2.53. The molecule has 7 heteroatoms. The Balaban J connectivity index is 1.57. The number of rotatable bonds is 2. The third-order valence-electron chi connectivity index (χ3n) is 7.72. The molecule has 2 saturated carbocycles.